The number of hydrogen-bond acceptors (Lipinski definition) is 8. The van der Waals surface area contributed by atoms with Crippen LogP contribution in [-0.2, 0) is 9.53 Å². The lowest BCUT2D eigenvalue weighted by Crippen LogP contribution is -2.24. The van der Waals surface area contributed by atoms with Gasteiger partial charge in [0.15, 0.2) is 5.13 Å². The number of fused-ring (bicyclic) bond motifs is 1. The van der Waals surface area contributed by atoms with Crippen molar-refractivity contribution in [3.05, 3.63) is 42.2 Å². The second-order valence-corrected chi connectivity index (χ2v) is 11.6. The minimum atomic E-state index is -0.422. The van der Waals surface area contributed by atoms with Crippen LogP contribution in [0.5, 0.6) is 11.5 Å². The second-order valence-electron chi connectivity index (χ2n) is 10.5. The number of carbonyl (C=O) groups is 2. The van der Waals surface area contributed by atoms with Crippen LogP contribution >= 0.6 is 11.3 Å². The molecule has 8 nitrogen and oxygen atoms in total. The van der Waals surface area contributed by atoms with E-state index in [4.69, 9.17) is 14.5 Å². The first-order valence-corrected chi connectivity index (χ1v) is 13.7. The highest BCUT2D eigenvalue weighted by atomic mass is 32.1. The maximum absolute atomic E-state index is 12.1. The molecular formula is C28H36N4O4S. The van der Waals surface area contributed by atoms with Gasteiger partial charge in [-0.05, 0) is 70.6 Å². The molecule has 1 fully saturated rings. The molecule has 0 bridgehead atoms. The molecule has 1 saturated carbocycles. The Morgan fingerprint density at radius 1 is 1.08 bits per heavy atom. The Bertz CT molecular complexity index is 1240. The van der Waals surface area contributed by atoms with Gasteiger partial charge in [0.2, 0.25) is 0 Å². The average Bonchev–Trinajstić information content (AvgIpc) is 3.11. The molecule has 4 rings (SSSR count). The van der Waals surface area contributed by atoms with E-state index in [1.54, 1.807) is 36.7 Å². The zero-order valence-corrected chi connectivity index (χ0v) is 22.8. The minimum absolute atomic E-state index is 0.0972. The van der Waals surface area contributed by atoms with Crippen molar-refractivity contribution in [3.63, 3.8) is 0 Å². The smallest absolute Gasteiger partial charge is 0.306 e. The Labute approximate surface area is 222 Å². The number of ether oxygens (including phenoxy) is 2. The molecule has 1 aliphatic rings. The van der Waals surface area contributed by atoms with Crippen LogP contribution < -0.4 is 15.4 Å². The number of hydrogen-bond donors (Lipinski definition) is 2. The number of anilines is 1. The molecule has 3 aromatic rings. The van der Waals surface area contributed by atoms with Crippen molar-refractivity contribution in [3.8, 4) is 11.5 Å². The quantitative estimate of drug-likeness (QED) is 0.262. The van der Waals surface area contributed by atoms with Crippen LogP contribution in [0.3, 0.4) is 0 Å². The summed E-state index contributed by atoms with van der Waals surface area (Å²) in [6, 6.07) is 9.53. The van der Waals surface area contributed by atoms with Gasteiger partial charge in [0.25, 0.3) is 5.91 Å². The maximum atomic E-state index is 12.1. The molecule has 2 heterocycles. The number of thiazole rings is 1. The number of benzene rings is 1. The van der Waals surface area contributed by atoms with E-state index in [9.17, 15) is 9.59 Å². The summed E-state index contributed by atoms with van der Waals surface area (Å²) in [5.41, 5.74) is 0.806. The Hall–Kier alpha value is -3.20. The fourth-order valence-corrected chi connectivity index (χ4v) is 5.56. The molecule has 1 amide bonds. The molecule has 0 radical (unpaired) electrons. The Balaban J connectivity index is 1.32. The normalized spacial score (nSPS) is 18.2. The molecule has 9 heteroatoms. The zero-order chi connectivity index (χ0) is 26.4. The van der Waals surface area contributed by atoms with Gasteiger partial charge in [0, 0.05) is 37.8 Å². The molecule has 1 aromatic carbocycles. The van der Waals surface area contributed by atoms with Crippen LogP contribution in [0.25, 0.3) is 10.2 Å². The zero-order valence-electron chi connectivity index (χ0n) is 22.0. The summed E-state index contributed by atoms with van der Waals surface area (Å²) in [5, 5.41) is 7.12. The van der Waals surface area contributed by atoms with E-state index in [2.05, 4.69) is 15.6 Å². The van der Waals surface area contributed by atoms with Crippen molar-refractivity contribution in [2.75, 3.05) is 12.4 Å². The summed E-state index contributed by atoms with van der Waals surface area (Å²) in [6.07, 6.45) is 8.52. The number of pyridine rings is 1. The summed E-state index contributed by atoms with van der Waals surface area (Å²) < 4.78 is 12.5. The molecule has 198 valence electrons. The molecule has 2 N–H and O–H groups in total. The fourth-order valence-electron chi connectivity index (χ4n) is 4.59. The van der Waals surface area contributed by atoms with E-state index in [1.807, 2.05) is 39.0 Å². The third-order valence-corrected chi connectivity index (χ3v) is 7.33. The Kier molecular flexibility index (Phi) is 8.63. The summed E-state index contributed by atoms with van der Waals surface area (Å²) in [7, 11) is 1.57. The third-order valence-electron chi connectivity index (χ3n) is 6.38. The average molecular weight is 525 g/mol. The Morgan fingerprint density at radius 3 is 2.68 bits per heavy atom. The van der Waals surface area contributed by atoms with Crippen molar-refractivity contribution in [1.82, 2.24) is 15.3 Å². The van der Waals surface area contributed by atoms with Crippen LogP contribution in [-0.4, -0.2) is 40.5 Å². The van der Waals surface area contributed by atoms with E-state index < -0.39 is 5.60 Å². The third kappa shape index (κ3) is 7.89. The summed E-state index contributed by atoms with van der Waals surface area (Å²) in [4.78, 5) is 32.8. The second kappa shape index (κ2) is 11.9. The van der Waals surface area contributed by atoms with Gasteiger partial charge in [0.05, 0.1) is 10.2 Å². The van der Waals surface area contributed by atoms with Gasteiger partial charge < -0.3 is 20.1 Å². The van der Waals surface area contributed by atoms with Gasteiger partial charge in [-0.25, -0.2) is 4.98 Å². The highest BCUT2D eigenvalue weighted by Gasteiger charge is 2.22. The monoisotopic (exact) mass is 524 g/mol. The first-order chi connectivity index (χ1) is 17.7. The van der Waals surface area contributed by atoms with Gasteiger partial charge in [-0.1, -0.05) is 24.2 Å². The highest BCUT2D eigenvalue weighted by molar-refractivity contribution is 7.22. The molecule has 37 heavy (non-hydrogen) atoms. The van der Waals surface area contributed by atoms with E-state index >= 15 is 0 Å². The summed E-state index contributed by atoms with van der Waals surface area (Å²) >= 11 is 1.61. The molecule has 0 saturated heterocycles. The first-order valence-electron chi connectivity index (χ1n) is 12.9. The van der Waals surface area contributed by atoms with Gasteiger partial charge in [-0.15, -0.1) is 0 Å². The fraction of sp³-hybridized carbons (Fsp3) is 0.500. The lowest BCUT2D eigenvalue weighted by atomic mass is 9.95. The summed E-state index contributed by atoms with van der Waals surface area (Å²) in [5.74, 6) is 1.44. The van der Waals surface area contributed by atoms with E-state index in [-0.39, 0.29) is 11.9 Å². The Morgan fingerprint density at radius 2 is 1.89 bits per heavy atom. The lowest BCUT2D eigenvalue weighted by molar-refractivity contribution is -0.155. The number of nitrogens with one attached hydrogen (secondary N) is 2. The van der Waals surface area contributed by atoms with E-state index in [0.29, 0.717) is 35.6 Å². The van der Waals surface area contributed by atoms with Crippen molar-refractivity contribution in [1.29, 1.82) is 0 Å². The standard InChI is InChI=1S/C28H36N4O4S/c1-28(2,3)36-25(33)13-9-18-6-5-7-19(10-8-18)31-27-32-22-12-11-20(17-24(22)37-27)35-21-14-15-30-23(16-21)26(34)29-4/h11-12,14-19H,5-10,13H2,1-4H3,(H,29,34)(H,31,32)/t18?,19-/m0/s1. The van der Waals surface area contributed by atoms with Gasteiger partial charge in [0.1, 0.15) is 22.8 Å². The van der Waals surface area contributed by atoms with Crippen molar-refractivity contribution < 1.29 is 19.1 Å². The molecule has 1 unspecified atom stereocenters. The van der Waals surface area contributed by atoms with Crippen molar-refractivity contribution in [2.24, 2.45) is 5.92 Å². The molecule has 2 atom stereocenters. The number of esters is 1. The van der Waals surface area contributed by atoms with Crippen molar-refractivity contribution >= 4 is 38.6 Å². The first kappa shape index (κ1) is 26.9. The topological polar surface area (TPSA) is 102 Å². The van der Waals surface area contributed by atoms with Crippen LogP contribution in [0.4, 0.5) is 5.13 Å². The van der Waals surface area contributed by atoms with E-state index in [1.165, 1.54) is 0 Å². The summed E-state index contributed by atoms with van der Waals surface area (Å²) in [6.45, 7) is 5.73. The minimum Gasteiger partial charge on any atom is -0.460 e. The van der Waals surface area contributed by atoms with Crippen LogP contribution in [0.15, 0.2) is 36.5 Å². The molecule has 0 aliphatic heterocycles. The lowest BCUT2D eigenvalue weighted by Gasteiger charge is -2.20. The predicted octanol–water partition coefficient (Wildman–Crippen LogP) is 6.33. The predicted molar refractivity (Wildman–Crippen MR) is 146 cm³/mol. The molecular weight excluding hydrogens is 488 g/mol. The number of nitrogens with zero attached hydrogens (tertiary/aromatic N) is 2. The van der Waals surface area contributed by atoms with Gasteiger partial charge in [-0.2, -0.15) is 0 Å². The molecule has 1 aliphatic carbocycles. The maximum Gasteiger partial charge on any atom is 0.306 e. The number of carbonyl (C=O) groups excluding carboxylic acids is 2. The van der Waals surface area contributed by atoms with Crippen molar-refractivity contribution in [2.45, 2.75) is 77.4 Å². The van der Waals surface area contributed by atoms with Crippen LogP contribution in [0.2, 0.25) is 0 Å². The van der Waals surface area contributed by atoms with Gasteiger partial charge >= 0.3 is 5.97 Å². The van der Waals surface area contributed by atoms with Gasteiger partial charge in [-0.3, -0.25) is 14.6 Å². The van der Waals surface area contributed by atoms with Crippen LogP contribution in [0, 0.1) is 5.92 Å². The number of rotatable bonds is 8. The molecule has 2 aromatic heterocycles. The molecule has 0 spiro atoms. The largest absolute Gasteiger partial charge is 0.460 e. The SMILES string of the molecule is CNC(=O)c1cc(Oc2ccc3nc(N[C@H]4CCCC(CCC(=O)OC(C)(C)C)CC4)sc3c2)ccn1. The van der Waals surface area contributed by atoms with E-state index in [0.717, 1.165) is 53.9 Å². The number of amides is 1. The van der Waals surface area contributed by atoms with Crippen LogP contribution in [0.1, 0.15) is 76.2 Å². The number of aromatic nitrogens is 2. The highest BCUT2D eigenvalue weighted by Crippen LogP contribution is 2.34.